The number of pyridine rings is 2. The first-order valence-corrected chi connectivity index (χ1v) is 11.1. The maximum absolute atomic E-state index is 14.8. The largest absolute Gasteiger partial charge is 0.408 e. The predicted molar refractivity (Wildman–Crippen MR) is 119 cm³/mol. The summed E-state index contributed by atoms with van der Waals surface area (Å²) in [5, 5.41) is 14.5. The number of amides is 1. The van der Waals surface area contributed by atoms with E-state index in [-0.39, 0.29) is 29.7 Å². The summed E-state index contributed by atoms with van der Waals surface area (Å²) in [6.45, 7) is 0.772. The summed E-state index contributed by atoms with van der Waals surface area (Å²) < 4.78 is 70.8. The van der Waals surface area contributed by atoms with Crippen LogP contribution < -0.4 is 21.0 Å². The van der Waals surface area contributed by atoms with Crippen molar-refractivity contribution in [3.63, 3.8) is 0 Å². The van der Waals surface area contributed by atoms with Crippen molar-refractivity contribution in [2.75, 3.05) is 18.0 Å². The van der Waals surface area contributed by atoms with Crippen LogP contribution in [0.4, 0.5) is 27.8 Å². The Labute approximate surface area is 200 Å². The molecule has 2 aromatic heterocycles. The SMILES string of the molecule is O=C(N[C@@H](C1CC1)C(F)(F)F)c1cn(-c2c(F)cccc2F)c2nc(N3CCNC3O)ccc2c1=O. The van der Waals surface area contributed by atoms with Gasteiger partial charge in [0.15, 0.2) is 12.0 Å². The first-order valence-electron chi connectivity index (χ1n) is 11.1. The third kappa shape index (κ3) is 4.28. The Morgan fingerprint density at radius 3 is 2.44 bits per heavy atom. The number of para-hydroxylation sites is 1. The number of halogens is 5. The summed E-state index contributed by atoms with van der Waals surface area (Å²) in [6.07, 6.45) is -4.48. The fraction of sp³-hybridized carbons (Fsp3) is 0.348. The van der Waals surface area contributed by atoms with E-state index in [2.05, 4.69) is 10.3 Å². The number of alkyl halides is 3. The number of rotatable bonds is 5. The van der Waals surface area contributed by atoms with Gasteiger partial charge >= 0.3 is 6.18 Å². The number of hydrogen-bond donors (Lipinski definition) is 3. The van der Waals surface area contributed by atoms with Crippen molar-refractivity contribution in [1.82, 2.24) is 20.2 Å². The monoisotopic (exact) mass is 509 g/mol. The molecular weight excluding hydrogens is 489 g/mol. The quantitative estimate of drug-likeness (QED) is 0.457. The zero-order chi connectivity index (χ0) is 25.8. The number of carbonyl (C=O) groups is 1. The fourth-order valence-electron chi connectivity index (χ4n) is 4.31. The van der Waals surface area contributed by atoms with Crippen molar-refractivity contribution in [3.05, 3.63) is 63.9 Å². The number of aliphatic hydroxyl groups is 1. The van der Waals surface area contributed by atoms with Gasteiger partial charge in [0.25, 0.3) is 5.91 Å². The minimum absolute atomic E-state index is 0.174. The lowest BCUT2D eigenvalue weighted by Crippen LogP contribution is -2.48. The summed E-state index contributed by atoms with van der Waals surface area (Å²) in [4.78, 5) is 31.8. The standard InChI is InChI=1S/C23H20F5N5O3/c24-14-2-1-3-15(25)17(14)33-10-13(21(35)31-19(11-4-5-11)23(26,27)28)18(34)12-6-7-16(30-20(12)33)32-9-8-29-22(32)36/h1-3,6-7,10-11,19,22,29,36H,4-5,8-9H2,(H,31,35)/t19-,22?/m0/s1. The van der Waals surface area contributed by atoms with Gasteiger partial charge in [0.2, 0.25) is 5.43 Å². The van der Waals surface area contributed by atoms with Crippen LogP contribution in [0.5, 0.6) is 0 Å². The maximum atomic E-state index is 14.8. The van der Waals surface area contributed by atoms with Gasteiger partial charge in [-0.25, -0.2) is 13.8 Å². The Morgan fingerprint density at radius 1 is 1.17 bits per heavy atom. The molecule has 3 heterocycles. The van der Waals surface area contributed by atoms with Crippen LogP contribution in [0.25, 0.3) is 16.7 Å². The van der Waals surface area contributed by atoms with Crippen molar-refractivity contribution < 1.29 is 31.9 Å². The van der Waals surface area contributed by atoms with Crippen molar-refractivity contribution in [1.29, 1.82) is 0 Å². The molecule has 0 spiro atoms. The van der Waals surface area contributed by atoms with Crippen LogP contribution in [0.1, 0.15) is 23.2 Å². The first kappa shape index (κ1) is 24.1. The molecule has 0 radical (unpaired) electrons. The summed E-state index contributed by atoms with van der Waals surface area (Å²) in [6, 6.07) is 3.48. The number of hydrogen-bond acceptors (Lipinski definition) is 6. The molecule has 0 bridgehead atoms. The molecule has 1 aliphatic carbocycles. The van der Waals surface area contributed by atoms with Crippen LogP contribution in [0, 0.1) is 17.6 Å². The number of carbonyl (C=O) groups excluding carboxylic acids is 1. The number of benzene rings is 1. The van der Waals surface area contributed by atoms with Crippen molar-refractivity contribution in [3.8, 4) is 5.69 Å². The van der Waals surface area contributed by atoms with E-state index in [0.29, 0.717) is 13.1 Å². The second kappa shape index (κ2) is 8.82. The summed E-state index contributed by atoms with van der Waals surface area (Å²) >= 11 is 0. The molecule has 3 aromatic rings. The van der Waals surface area contributed by atoms with Gasteiger partial charge in [-0.3, -0.25) is 19.5 Å². The fourth-order valence-corrected chi connectivity index (χ4v) is 4.31. The van der Waals surface area contributed by atoms with Gasteiger partial charge in [0, 0.05) is 19.3 Å². The van der Waals surface area contributed by atoms with E-state index in [4.69, 9.17) is 0 Å². The van der Waals surface area contributed by atoms with E-state index >= 15 is 0 Å². The summed E-state index contributed by atoms with van der Waals surface area (Å²) in [5.74, 6) is -4.04. The van der Waals surface area contributed by atoms with Crippen LogP contribution in [-0.4, -0.2) is 52.2 Å². The van der Waals surface area contributed by atoms with Crippen LogP contribution >= 0.6 is 0 Å². The third-order valence-electron chi connectivity index (χ3n) is 6.26. The topological polar surface area (TPSA) is 99.5 Å². The van der Waals surface area contributed by atoms with E-state index in [0.717, 1.165) is 29.0 Å². The molecule has 190 valence electrons. The number of fused-ring (bicyclic) bond motifs is 1. The van der Waals surface area contributed by atoms with E-state index in [1.165, 1.54) is 17.0 Å². The molecule has 1 unspecified atom stereocenters. The smallest absolute Gasteiger partial charge is 0.361 e. The highest BCUT2D eigenvalue weighted by molar-refractivity contribution is 5.97. The van der Waals surface area contributed by atoms with Gasteiger partial charge in [-0.1, -0.05) is 6.07 Å². The normalized spacial score (nSPS) is 19.1. The van der Waals surface area contributed by atoms with E-state index in [9.17, 15) is 36.6 Å². The second-order valence-corrected chi connectivity index (χ2v) is 8.70. The highest BCUT2D eigenvalue weighted by Gasteiger charge is 2.50. The Hall–Kier alpha value is -3.58. The predicted octanol–water partition coefficient (Wildman–Crippen LogP) is 2.42. The minimum atomic E-state index is -4.73. The van der Waals surface area contributed by atoms with E-state index in [1.807, 2.05) is 5.32 Å². The lowest BCUT2D eigenvalue weighted by atomic mass is 10.1. The van der Waals surface area contributed by atoms with Crippen molar-refractivity contribution >= 4 is 22.8 Å². The molecule has 2 atom stereocenters. The molecule has 13 heteroatoms. The lowest BCUT2D eigenvalue weighted by molar-refractivity contribution is -0.158. The first-order chi connectivity index (χ1) is 17.1. The zero-order valence-corrected chi connectivity index (χ0v) is 18.5. The number of nitrogens with zero attached hydrogens (tertiary/aromatic N) is 3. The van der Waals surface area contributed by atoms with Crippen molar-refractivity contribution in [2.45, 2.75) is 31.4 Å². The van der Waals surface area contributed by atoms with Gasteiger partial charge in [-0.05, 0) is 43.0 Å². The van der Waals surface area contributed by atoms with Crippen molar-refractivity contribution in [2.24, 2.45) is 5.92 Å². The molecule has 1 saturated carbocycles. The highest BCUT2D eigenvalue weighted by atomic mass is 19.4. The molecule has 1 saturated heterocycles. The lowest BCUT2D eigenvalue weighted by Gasteiger charge is -2.23. The van der Waals surface area contributed by atoms with Crippen LogP contribution in [0.3, 0.4) is 0 Å². The second-order valence-electron chi connectivity index (χ2n) is 8.70. The third-order valence-corrected chi connectivity index (χ3v) is 6.26. The molecule has 5 rings (SSSR count). The van der Waals surface area contributed by atoms with Crippen LogP contribution in [0.2, 0.25) is 0 Å². The Kier molecular flexibility index (Phi) is 5.91. The van der Waals surface area contributed by atoms with Gasteiger partial charge in [0.05, 0.1) is 5.39 Å². The minimum Gasteiger partial charge on any atom is -0.361 e. The molecule has 1 amide bonds. The average molecular weight is 509 g/mol. The summed E-state index contributed by atoms with van der Waals surface area (Å²) in [5.41, 5.74) is -2.59. The number of nitrogens with one attached hydrogen (secondary N) is 2. The maximum Gasteiger partial charge on any atom is 0.408 e. The molecule has 2 aliphatic rings. The molecule has 8 nitrogen and oxygen atoms in total. The van der Waals surface area contributed by atoms with Gasteiger partial charge in [0.1, 0.15) is 34.7 Å². The van der Waals surface area contributed by atoms with E-state index in [1.54, 1.807) is 0 Å². The van der Waals surface area contributed by atoms with Gasteiger partial charge < -0.3 is 15.3 Å². The van der Waals surface area contributed by atoms with Gasteiger partial charge in [-0.2, -0.15) is 13.2 Å². The van der Waals surface area contributed by atoms with Gasteiger partial charge in [-0.15, -0.1) is 0 Å². The van der Waals surface area contributed by atoms with Crippen LogP contribution in [0.15, 0.2) is 41.3 Å². The Morgan fingerprint density at radius 2 is 1.86 bits per heavy atom. The van der Waals surface area contributed by atoms with Crippen LogP contribution in [-0.2, 0) is 0 Å². The molecule has 1 aliphatic heterocycles. The average Bonchev–Trinajstić information content (AvgIpc) is 3.56. The Balaban J connectivity index is 1.69. The molecular formula is C23H20F5N5O3. The zero-order valence-electron chi connectivity index (χ0n) is 18.5. The number of aromatic nitrogens is 2. The summed E-state index contributed by atoms with van der Waals surface area (Å²) in [7, 11) is 0. The molecule has 3 N–H and O–H groups in total. The molecule has 2 fully saturated rings. The number of anilines is 1. The molecule has 1 aromatic carbocycles. The molecule has 36 heavy (non-hydrogen) atoms. The highest BCUT2D eigenvalue weighted by Crippen LogP contribution is 2.40. The Bertz CT molecular complexity index is 1390. The number of aliphatic hydroxyl groups excluding tert-OH is 1. The van der Waals surface area contributed by atoms with E-state index < -0.39 is 58.7 Å².